The molecule has 1 heterocycles. The van der Waals surface area contributed by atoms with Crippen molar-refractivity contribution in [3.8, 4) is 16.9 Å². The molecule has 0 unspecified atom stereocenters. The van der Waals surface area contributed by atoms with Crippen molar-refractivity contribution >= 4 is 17.6 Å². The fourth-order valence-electron chi connectivity index (χ4n) is 2.57. The lowest BCUT2D eigenvalue weighted by molar-refractivity contribution is 0.0696. The molecular formula is C18H14ClNO2. The molecule has 0 aliphatic heterocycles. The lowest BCUT2D eigenvalue weighted by Crippen LogP contribution is -2.02. The van der Waals surface area contributed by atoms with Crippen LogP contribution in [0.25, 0.3) is 16.9 Å². The van der Waals surface area contributed by atoms with Crippen molar-refractivity contribution in [1.29, 1.82) is 0 Å². The predicted octanol–water partition coefficient (Wildman–Crippen LogP) is 4.80. The molecule has 3 aromatic rings. The van der Waals surface area contributed by atoms with E-state index in [2.05, 4.69) is 0 Å². The van der Waals surface area contributed by atoms with Crippen molar-refractivity contribution in [2.24, 2.45) is 0 Å². The largest absolute Gasteiger partial charge is 0.478 e. The molecule has 3 rings (SSSR count). The summed E-state index contributed by atoms with van der Waals surface area (Å²) in [6, 6.07) is 18.8. The van der Waals surface area contributed by atoms with Crippen LogP contribution in [0.5, 0.6) is 0 Å². The van der Waals surface area contributed by atoms with E-state index in [1.807, 2.05) is 54.0 Å². The third kappa shape index (κ3) is 2.51. The molecule has 0 amide bonds. The number of carboxylic acid groups (broad SMARTS) is 1. The van der Waals surface area contributed by atoms with Crippen molar-refractivity contribution in [3.05, 3.63) is 76.9 Å². The van der Waals surface area contributed by atoms with Gasteiger partial charge >= 0.3 is 5.97 Å². The van der Waals surface area contributed by atoms with Crippen LogP contribution in [0, 0.1) is 6.92 Å². The SMILES string of the molecule is Cc1c(C(=O)O)cc(-c2ccccc2)n1-c1ccc(Cl)cc1. The number of aromatic carboxylic acids is 1. The van der Waals surface area contributed by atoms with E-state index in [0.29, 0.717) is 16.3 Å². The molecule has 0 saturated heterocycles. The molecule has 22 heavy (non-hydrogen) atoms. The predicted molar refractivity (Wildman–Crippen MR) is 87.9 cm³/mol. The zero-order chi connectivity index (χ0) is 15.7. The Morgan fingerprint density at radius 1 is 1.05 bits per heavy atom. The van der Waals surface area contributed by atoms with Gasteiger partial charge in [0.15, 0.2) is 0 Å². The van der Waals surface area contributed by atoms with Gasteiger partial charge in [0, 0.05) is 16.4 Å². The molecule has 0 saturated carbocycles. The summed E-state index contributed by atoms with van der Waals surface area (Å²) < 4.78 is 1.94. The van der Waals surface area contributed by atoms with Crippen molar-refractivity contribution in [2.75, 3.05) is 0 Å². The summed E-state index contributed by atoms with van der Waals surface area (Å²) >= 11 is 5.95. The Kier molecular flexibility index (Phi) is 3.73. The number of carbonyl (C=O) groups is 1. The molecule has 0 fully saturated rings. The summed E-state index contributed by atoms with van der Waals surface area (Å²) in [6.45, 7) is 1.81. The molecule has 1 N–H and O–H groups in total. The van der Waals surface area contributed by atoms with Gasteiger partial charge < -0.3 is 9.67 Å². The molecule has 4 heteroatoms. The van der Waals surface area contributed by atoms with Gasteiger partial charge in [-0.1, -0.05) is 41.9 Å². The number of aromatic nitrogens is 1. The highest BCUT2D eigenvalue weighted by molar-refractivity contribution is 6.30. The lowest BCUT2D eigenvalue weighted by atomic mass is 10.1. The smallest absolute Gasteiger partial charge is 0.337 e. The molecule has 0 radical (unpaired) electrons. The molecule has 0 bridgehead atoms. The molecule has 1 aromatic heterocycles. The minimum absolute atomic E-state index is 0.300. The van der Waals surface area contributed by atoms with E-state index < -0.39 is 5.97 Å². The first-order valence-corrected chi connectivity index (χ1v) is 7.22. The topological polar surface area (TPSA) is 42.2 Å². The van der Waals surface area contributed by atoms with Crippen LogP contribution in [0.4, 0.5) is 0 Å². The molecule has 2 aromatic carbocycles. The van der Waals surface area contributed by atoms with E-state index >= 15 is 0 Å². The molecule has 0 spiro atoms. The van der Waals surface area contributed by atoms with E-state index in [-0.39, 0.29) is 0 Å². The van der Waals surface area contributed by atoms with Gasteiger partial charge in [-0.25, -0.2) is 4.79 Å². The van der Waals surface area contributed by atoms with Gasteiger partial charge in [-0.2, -0.15) is 0 Å². The molecular weight excluding hydrogens is 298 g/mol. The van der Waals surface area contributed by atoms with Gasteiger partial charge in [0.2, 0.25) is 0 Å². The van der Waals surface area contributed by atoms with Gasteiger partial charge in [-0.3, -0.25) is 0 Å². The standard InChI is InChI=1S/C18H14ClNO2/c1-12-16(18(21)22)11-17(13-5-3-2-4-6-13)20(12)15-9-7-14(19)8-10-15/h2-11H,1H3,(H,21,22). The van der Waals surface area contributed by atoms with Crippen LogP contribution < -0.4 is 0 Å². The monoisotopic (exact) mass is 311 g/mol. The highest BCUT2D eigenvalue weighted by Crippen LogP contribution is 2.29. The highest BCUT2D eigenvalue weighted by Gasteiger charge is 2.18. The summed E-state index contributed by atoms with van der Waals surface area (Å²) in [5, 5.41) is 10.1. The second kappa shape index (κ2) is 5.70. The van der Waals surface area contributed by atoms with Gasteiger partial charge in [0.25, 0.3) is 0 Å². The highest BCUT2D eigenvalue weighted by atomic mass is 35.5. The van der Waals surface area contributed by atoms with E-state index in [9.17, 15) is 9.90 Å². The zero-order valence-corrected chi connectivity index (χ0v) is 12.7. The molecule has 110 valence electrons. The average Bonchev–Trinajstić information content (AvgIpc) is 2.87. The van der Waals surface area contributed by atoms with Crippen molar-refractivity contribution in [3.63, 3.8) is 0 Å². The molecule has 0 atom stereocenters. The summed E-state index contributed by atoms with van der Waals surface area (Å²) in [7, 11) is 0. The number of hydrogen-bond acceptors (Lipinski definition) is 1. The second-order valence-corrected chi connectivity index (χ2v) is 5.45. The Morgan fingerprint density at radius 3 is 2.27 bits per heavy atom. The summed E-state index contributed by atoms with van der Waals surface area (Å²) in [4.78, 5) is 11.5. The van der Waals surface area contributed by atoms with Crippen LogP contribution >= 0.6 is 11.6 Å². The number of rotatable bonds is 3. The molecule has 0 aliphatic carbocycles. The molecule has 3 nitrogen and oxygen atoms in total. The van der Waals surface area contributed by atoms with Crippen LogP contribution in [0.15, 0.2) is 60.7 Å². The van der Waals surface area contributed by atoms with Gasteiger partial charge in [-0.15, -0.1) is 0 Å². The van der Waals surface area contributed by atoms with E-state index in [1.165, 1.54) is 0 Å². The second-order valence-electron chi connectivity index (χ2n) is 5.01. The van der Waals surface area contributed by atoms with Crippen LogP contribution in [-0.4, -0.2) is 15.6 Å². The number of carboxylic acids is 1. The number of hydrogen-bond donors (Lipinski definition) is 1. The van der Waals surface area contributed by atoms with Crippen molar-refractivity contribution < 1.29 is 9.90 Å². The first-order chi connectivity index (χ1) is 10.6. The first-order valence-electron chi connectivity index (χ1n) is 6.85. The summed E-state index contributed by atoms with van der Waals surface area (Å²) in [5.41, 5.74) is 3.68. The van der Waals surface area contributed by atoms with Gasteiger partial charge in [0.1, 0.15) is 0 Å². The van der Waals surface area contributed by atoms with Crippen molar-refractivity contribution in [1.82, 2.24) is 4.57 Å². The third-order valence-corrected chi connectivity index (χ3v) is 3.88. The molecule has 0 aliphatic rings. The maximum absolute atomic E-state index is 11.5. The number of halogens is 1. The van der Waals surface area contributed by atoms with Crippen molar-refractivity contribution in [2.45, 2.75) is 6.92 Å². The Balaban J connectivity index is 2.27. The Hall–Kier alpha value is -2.52. The maximum atomic E-state index is 11.5. The fourth-order valence-corrected chi connectivity index (χ4v) is 2.69. The third-order valence-electron chi connectivity index (χ3n) is 3.63. The van der Waals surface area contributed by atoms with Crippen LogP contribution in [0.3, 0.4) is 0 Å². The Bertz CT molecular complexity index is 820. The minimum Gasteiger partial charge on any atom is -0.478 e. The summed E-state index contributed by atoms with van der Waals surface area (Å²) in [6.07, 6.45) is 0. The van der Waals surface area contributed by atoms with E-state index in [0.717, 1.165) is 16.9 Å². The van der Waals surface area contributed by atoms with Gasteiger partial charge in [0.05, 0.1) is 11.3 Å². The number of benzene rings is 2. The van der Waals surface area contributed by atoms with E-state index in [4.69, 9.17) is 11.6 Å². The fraction of sp³-hybridized carbons (Fsp3) is 0.0556. The maximum Gasteiger partial charge on any atom is 0.337 e. The quantitative estimate of drug-likeness (QED) is 0.754. The van der Waals surface area contributed by atoms with Gasteiger partial charge in [-0.05, 0) is 42.8 Å². The first kappa shape index (κ1) is 14.4. The Morgan fingerprint density at radius 2 is 1.68 bits per heavy atom. The number of nitrogens with zero attached hydrogens (tertiary/aromatic N) is 1. The van der Waals surface area contributed by atoms with Crippen LogP contribution in [0.1, 0.15) is 16.1 Å². The Labute approximate surface area is 133 Å². The average molecular weight is 312 g/mol. The van der Waals surface area contributed by atoms with Crippen LogP contribution in [-0.2, 0) is 0 Å². The minimum atomic E-state index is -0.928. The normalized spacial score (nSPS) is 10.6. The zero-order valence-electron chi connectivity index (χ0n) is 12.0. The lowest BCUT2D eigenvalue weighted by Gasteiger charge is -2.12. The van der Waals surface area contributed by atoms with E-state index in [1.54, 1.807) is 18.2 Å². The summed E-state index contributed by atoms with van der Waals surface area (Å²) in [5.74, 6) is -0.928. The van der Waals surface area contributed by atoms with Crippen LogP contribution in [0.2, 0.25) is 5.02 Å².